The molecule has 6 nitrogen and oxygen atoms in total. The van der Waals surface area contributed by atoms with E-state index in [4.69, 9.17) is 5.11 Å². The van der Waals surface area contributed by atoms with E-state index in [-0.39, 0.29) is 17.0 Å². The Balaban J connectivity index is 2.21. The lowest BCUT2D eigenvalue weighted by atomic mass is 10.0. The van der Waals surface area contributed by atoms with Crippen LogP contribution in [0.5, 0.6) is 0 Å². The second-order valence-electron chi connectivity index (χ2n) is 4.52. The van der Waals surface area contributed by atoms with Gasteiger partial charge in [-0.3, -0.25) is 14.7 Å². The molecule has 1 fully saturated rings. The largest absolute Gasteiger partial charge is 0.477 e. The molecule has 0 radical (unpaired) electrons. The molecule has 0 saturated carbocycles. The number of aliphatic imine (C=N–C) groups is 1. The molecule has 0 aliphatic carbocycles. The lowest BCUT2D eigenvalue weighted by Crippen LogP contribution is -2.64. The minimum Gasteiger partial charge on any atom is -0.477 e. The fraction of sp³-hybridized carbons (Fsp3) is 0.545. The fourth-order valence-electron chi connectivity index (χ4n) is 1.96. The normalized spacial score (nSPS) is 27.3. The van der Waals surface area contributed by atoms with Gasteiger partial charge in [0.25, 0.3) is 5.91 Å². The van der Waals surface area contributed by atoms with E-state index in [9.17, 15) is 9.59 Å². The maximum absolute atomic E-state index is 12.0. The van der Waals surface area contributed by atoms with E-state index in [0.717, 1.165) is 5.57 Å². The summed E-state index contributed by atoms with van der Waals surface area (Å²) in [6.07, 6.45) is 1.59. The molecule has 2 rings (SSSR count). The average Bonchev–Trinajstić information content (AvgIpc) is 2.28. The lowest BCUT2D eigenvalue weighted by molar-refractivity contribution is -0.147. The standard InChI is InChI=1S/C11H15N3O3S/c1-6-4-18-10-7(12-5-13(2)3)9(15)14(10)8(6)11(16)17/h5,7,10H,4H2,1-3H3,(H,16,17)/t7-,10+/m1/s1. The van der Waals surface area contributed by atoms with E-state index >= 15 is 0 Å². The quantitative estimate of drug-likeness (QED) is 0.451. The fourth-order valence-corrected chi connectivity index (χ4v) is 3.25. The Labute approximate surface area is 109 Å². The molecule has 2 aliphatic rings. The van der Waals surface area contributed by atoms with Gasteiger partial charge in [0.05, 0.1) is 6.34 Å². The molecule has 18 heavy (non-hydrogen) atoms. The molecule has 7 heteroatoms. The number of carboxylic acid groups (broad SMARTS) is 1. The molecule has 0 unspecified atom stereocenters. The Morgan fingerprint density at radius 1 is 1.61 bits per heavy atom. The van der Waals surface area contributed by atoms with Gasteiger partial charge in [0, 0.05) is 19.8 Å². The molecule has 0 aromatic heterocycles. The molecule has 1 amide bonds. The number of fused-ring (bicyclic) bond motifs is 1. The van der Waals surface area contributed by atoms with Crippen molar-refractivity contribution in [3.05, 3.63) is 11.3 Å². The van der Waals surface area contributed by atoms with Gasteiger partial charge in [-0.05, 0) is 12.5 Å². The molecule has 2 atom stereocenters. The summed E-state index contributed by atoms with van der Waals surface area (Å²) in [7, 11) is 3.65. The smallest absolute Gasteiger partial charge is 0.352 e. The van der Waals surface area contributed by atoms with Crippen molar-refractivity contribution in [1.82, 2.24) is 9.80 Å². The SMILES string of the molecule is CC1=C(C(=O)O)N2C(=O)[C@@H](N=CN(C)C)[C@@H]2SC1. The number of hydrogen-bond acceptors (Lipinski definition) is 4. The molecule has 0 spiro atoms. The van der Waals surface area contributed by atoms with Crippen LogP contribution in [-0.2, 0) is 9.59 Å². The third kappa shape index (κ3) is 1.98. The first-order valence-corrected chi connectivity index (χ1v) is 6.55. The summed E-state index contributed by atoms with van der Waals surface area (Å²) in [6.45, 7) is 1.75. The van der Waals surface area contributed by atoms with Crippen LogP contribution in [0, 0.1) is 0 Å². The minimum absolute atomic E-state index is 0.125. The third-order valence-corrected chi connectivity index (χ3v) is 4.20. The van der Waals surface area contributed by atoms with Crippen LogP contribution in [-0.4, -0.2) is 64.4 Å². The van der Waals surface area contributed by atoms with Crippen LogP contribution in [0.25, 0.3) is 0 Å². The van der Waals surface area contributed by atoms with Gasteiger partial charge in [0.2, 0.25) is 0 Å². The molecular weight excluding hydrogens is 254 g/mol. The predicted octanol–water partition coefficient (Wildman–Crippen LogP) is 0.219. The number of β-lactam (4-membered cyclic amide) rings is 1. The monoisotopic (exact) mass is 269 g/mol. The lowest BCUT2D eigenvalue weighted by Gasteiger charge is -2.47. The molecule has 2 aliphatic heterocycles. The Bertz CT molecular complexity index is 458. The Morgan fingerprint density at radius 2 is 2.28 bits per heavy atom. The van der Waals surface area contributed by atoms with Crippen LogP contribution in [0.15, 0.2) is 16.3 Å². The number of hydrogen-bond donors (Lipinski definition) is 1. The Hall–Kier alpha value is -1.50. The van der Waals surface area contributed by atoms with Gasteiger partial charge in [0.15, 0.2) is 6.04 Å². The summed E-state index contributed by atoms with van der Waals surface area (Å²) >= 11 is 1.56. The highest BCUT2D eigenvalue weighted by Gasteiger charge is 2.53. The second kappa shape index (κ2) is 4.64. The van der Waals surface area contributed by atoms with E-state index in [1.54, 1.807) is 29.9 Å². The molecule has 98 valence electrons. The van der Waals surface area contributed by atoms with Gasteiger partial charge in [-0.2, -0.15) is 0 Å². The molecule has 0 bridgehead atoms. The number of carboxylic acids is 1. The summed E-state index contributed by atoms with van der Waals surface area (Å²) in [4.78, 5) is 30.4. The first-order chi connectivity index (χ1) is 8.43. The van der Waals surface area contributed by atoms with E-state index < -0.39 is 12.0 Å². The molecule has 0 aromatic carbocycles. The first kappa shape index (κ1) is 12.9. The summed E-state index contributed by atoms with van der Waals surface area (Å²) in [5, 5.41) is 8.97. The third-order valence-electron chi connectivity index (χ3n) is 2.79. The van der Waals surface area contributed by atoms with Gasteiger partial charge in [-0.25, -0.2) is 4.79 Å². The van der Waals surface area contributed by atoms with Crippen molar-refractivity contribution in [3.63, 3.8) is 0 Å². The predicted molar refractivity (Wildman–Crippen MR) is 69.4 cm³/mol. The average molecular weight is 269 g/mol. The topological polar surface area (TPSA) is 73.2 Å². The summed E-state index contributed by atoms with van der Waals surface area (Å²) in [6, 6.07) is -0.458. The molecule has 1 saturated heterocycles. The Morgan fingerprint density at radius 3 is 2.83 bits per heavy atom. The molecule has 2 heterocycles. The van der Waals surface area contributed by atoms with Gasteiger partial charge in [0.1, 0.15) is 11.1 Å². The highest BCUT2D eigenvalue weighted by molar-refractivity contribution is 8.00. The number of nitrogens with zero attached hydrogens (tertiary/aromatic N) is 3. The van der Waals surface area contributed by atoms with E-state index in [1.807, 2.05) is 14.1 Å². The van der Waals surface area contributed by atoms with Crippen molar-refractivity contribution in [3.8, 4) is 0 Å². The van der Waals surface area contributed by atoms with E-state index in [1.165, 1.54) is 4.90 Å². The summed E-state index contributed by atoms with van der Waals surface area (Å²) in [5.74, 6) is -0.646. The van der Waals surface area contributed by atoms with Crippen LogP contribution < -0.4 is 0 Å². The molecule has 1 N–H and O–H groups in total. The van der Waals surface area contributed by atoms with Crippen LogP contribution >= 0.6 is 11.8 Å². The van der Waals surface area contributed by atoms with Crippen molar-refractivity contribution in [2.75, 3.05) is 19.8 Å². The van der Waals surface area contributed by atoms with E-state index in [2.05, 4.69) is 4.99 Å². The number of rotatable bonds is 3. The molecular formula is C11H15N3O3S. The van der Waals surface area contributed by atoms with Crippen LogP contribution in [0.4, 0.5) is 0 Å². The number of carbonyl (C=O) groups is 2. The van der Waals surface area contributed by atoms with Crippen molar-refractivity contribution in [1.29, 1.82) is 0 Å². The van der Waals surface area contributed by atoms with E-state index in [0.29, 0.717) is 5.75 Å². The minimum atomic E-state index is -1.04. The highest BCUT2D eigenvalue weighted by Crippen LogP contribution is 2.41. The van der Waals surface area contributed by atoms with Crippen LogP contribution in [0.3, 0.4) is 0 Å². The Kier molecular flexibility index (Phi) is 3.34. The van der Waals surface area contributed by atoms with Crippen molar-refractivity contribution in [2.24, 2.45) is 4.99 Å². The summed E-state index contributed by atoms with van der Waals surface area (Å²) < 4.78 is 0. The number of aliphatic carboxylic acids is 1. The molecule has 0 aromatic rings. The zero-order chi connectivity index (χ0) is 13.4. The van der Waals surface area contributed by atoms with Gasteiger partial charge < -0.3 is 10.0 Å². The maximum atomic E-state index is 12.0. The maximum Gasteiger partial charge on any atom is 0.352 e. The van der Waals surface area contributed by atoms with Crippen molar-refractivity contribution < 1.29 is 14.7 Å². The van der Waals surface area contributed by atoms with Gasteiger partial charge >= 0.3 is 5.97 Å². The van der Waals surface area contributed by atoms with Crippen molar-refractivity contribution >= 4 is 30.0 Å². The first-order valence-electron chi connectivity index (χ1n) is 5.51. The number of carbonyl (C=O) groups excluding carboxylic acids is 1. The van der Waals surface area contributed by atoms with Gasteiger partial charge in [-0.1, -0.05) is 0 Å². The van der Waals surface area contributed by atoms with Gasteiger partial charge in [-0.15, -0.1) is 11.8 Å². The van der Waals surface area contributed by atoms with Crippen molar-refractivity contribution in [2.45, 2.75) is 18.3 Å². The summed E-state index contributed by atoms with van der Waals surface area (Å²) in [5.41, 5.74) is 0.854. The number of thioether (sulfide) groups is 1. The second-order valence-corrected chi connectivity index (χ2v) is 5.62. The van der Waals surface area contributed by atoms with Crippen LogP contribution in [0.2, 0.25) is 0 Å². The zero-order valence-electron chi connectivity index (χ0n) is 10.5. The zero-order valence-corrected chi connectivity index (χ0v) is 11.3. The highest BCUT2D eigenvalue weighted by atomic mass is 32.2. The number of amides is 1. The van der Waals surface area contributed by atoms with Crippen LogP contribution in [0.1, 0.15) is 6.92 Å².